The molecule has 0 spiro atoms. The summed E-state index contributed by atoms with van der Waals surface area (Å²) in [4.78, 5) is 26.7. The van der Waals surface area contributed by atoms with Crippen molar-refractivity contribution in [1.29, 1.82) is 0 Å². The van der Waals surface area contributed by atoms with Gasteiger partial charge in [0, 0.05) is 6.42 Å². The molecular weight excluding hydrogens is 394 g/mol. The first kappa shape index (κ1) is 24.8. The second-order valence-corrected chi connectivity index (χ2v) is 8.05. The Hall–Kier alpha value is -2.44. The lowest BCUT2D eigenvalue weighted by Crippen LogP contribution is -2.49. The number of carbonyl (C=O) groups excluding carboxylic acids is 2. The second kappa shape index (κ2) is 12.4. The van der Waals surface area contributed by atoms with Gasteiger partial charge in [0.05, 0.1) is 24.9 Å². The summed E-state index contributed by atoms with van der Waals surface area (Å²) in [5, 5.41) is 0. The van der Waals surface area contributed by atoms with Gasteiger partial charge in [-0.3, -0.25) is 4.79 Å². The highest BCUT2D eigenvalue weighted by Gasteiger charge is 2.43. The van der Waals surface area contributed by atoms with Gasteiger partial charge < -0.3 is 14.2 Å². The Morgan fingerprint density at radius 1 is 1.19 bits per heavy atom. The van der Waals surface area contributed by atoms with Gasteiger partial charge in [-0.2, -0.15) is 0 Å². The lowest BCUT2D eigenvalue weighted by atomic mass is 10.0. The maximum absolute atomic E-state index is 13.3. The molecule has 0 radical (unpaired) electrons. The van der Waals surface area contributed by atoms with Crippen LogP contribution in [0.3, 0.4) is 0 Å². The van der Waals surface area contributed by atoms with E-state index in [9.17, 15) is 9.59 Å². The molecular formula is C25H35NO5. The summed E-state index contributed by atoms with van der Waals surface area (Å²) in [6, 6.07) is 9.61. The number of cyclic esters (lactones) is 1. The van der Waals surface area contributed by atoms with Crippen molar-refractivity contribution in [3.8, 4) is 0 Å². The smallest absolute Gasteiger partial charge is 0.417 e. The van der Waals surface area contributed by atoms with Crippen LogP contribution in [0.4, 0.5) is 4.79 Å². The van der Waals surface area contributed by atoms with Crippen molar-refractivity contribution >= 4 is 12.0 Å². The average Bonchev–Trinajstić information content (AvgIpc) is 3.15. The zero-order valence-corrected chi connectivity index (χ0v) is 18.9. The molecule has 1 aromatic rings. The van der Waals surface area contributed by atoms with Crippen LogP contribution in [0.1, 0.15) is 45.6 Å². The molecule has 31 heavy (non-hydrogen) atoms. The molecule has 6 heteroatoms. The fourth-order valence-electron chi connectivity index (χ4n) is 3.64. The van der Waals surface area contributed by atoms with Gasteiger partial charge in [0.15, 0.2) is 0 Å². The quantitative estimate of drug-likeness (QED) is 0.418. The van der Waals surface area contributed by atoms with Crippen LogP contribution in [0, 0.1) is 5.92 Å². The van der Waals surface area contributed by atoms with Crippen LogP contribution in [-0.4, -0.2) is 47.9 Å². The summed E-state index contributed by atoms with van der Waals surface area (Å²) < 4.78 is 17.5. The first-order valence-electron chi connectivity index (χ1n) is 10.9. The largest absolute Gasteiger partial charge is 0.447 e. The number of hydrogen-bond acceptors (Lipinski definition) is 5. The van der Waals surface area contributed by atoms with Gasteiger partial charge in [-0.1, -0.05) is 63.3 Å². The number of benzene rings is 1. The summed E-state index contributed by atoms with van der Waals surface area (Å²) in [7, 11) is 0. The van der Waals surface area contributed by atoms with Crippen LogP contribution in [-0.2, 0) is 25.6 Å². The zero-order chi connectivity index (χ0) is 22.8. The topological polar surface area (TPSA) is 65.1 Å². The summed E-state index contributed by atoms with van der Waals surface area (Å²) in [6.07, 6.45) is 2.84. The highest BCUT2D eigenvalue weighted by molar-refractivity contribution is 5.96. The van der Waals surface area contributed by atoms with Crippen molar-refractivity contribution in [3.63, 3.8) is 0 Å². The average molecular weight is 430 g/mol. The minimum atomic E-state index is -0.844. The Morgan fingerprint density at radius 2 is 1.87 bits per heavy atom. The Kier molecular flexibility index (Phi) is 9.95. The molecule has 1 aromatic carbocycles. The van der Waals surface area contributed by atoms with E-state index in [1.165, 1.54) is 4.90 Å². The number of amides is 2. The van der Waals surface area contributed by atoms with Crippen molar-refractivity contribution in [2.45, 2.75) is 71.0 Å². The summed E-state index contributed by atoms with van der Waals surface area (Å²) >= 11 is 0. The first-order chi connectivity index (χ1) is 14.9. The summed E-state index contributed by atoms with van der Waals surface area (Å²) in [5.41, 5.74) is 1.07. The summed E-state index contributed by atoms with van der Waals surface area (Å²) in [6.45, 7) is 14.2. The van der Waals surface area contributed by atoms with Crippen LogP contribution >= 0.6 is 0 Å². The number of hydrogen-bond donors (Lipinski definition) is 0. The van der Waals surface area contributed by atoms with Gasteiger partial charge in [-0.15, -0.1) is 13.2 Å². The van der Waals surface area contributed by atoms with Gasteiger partial charge in [0.1, 0.15) is 12.7 Å². The Labute approximate surface area is 185 Å². The molecule has 0 aliphatic carbocycles. The molecule has 2 rings (SSSR count). The van der Waals surface area contributed by atoms with Crippen molar-refractivity contribution < 1.29 is 23.8 Å². The maximum Gasteiger partial charge on any atom is 0.417 e. The molecule has 4 atom stereocenters. The van der Waals surface area contributed by atoms with Crippen LogP contribution in [0.2, 0.25) is 0 Å². The van der Waals surface area contributed by atoms with Crippen molar-refractivity contribution in [2.24, 2.45) is 5.92 Å². The van der Waals surface area contributed by atoms with Crippen molar-refractivity contribution in [3.05, 3.63) is 61.2 Å². The number of carbonyl (C=O) groups is 2. The van der Waals surface area contributed by atoms with Gasteiger partial charge in [-0.05, 0) is 24.3 Å². The van der Waals surface area contributed by atoms with E-state index in [1.807, 2.05) is 51.1 Å². The summed E-state index contributed by atoms with van der Waals surface area (Å²) in [5.74, 6) is -0.311. The van der Waals surface area contributed by atoms with E-state index >= 15 is 0 Å². The predicted octanol–water partition coefficient (Wildman–Crippen LogP) is 4.89. The number of ether oxygens (including phenoxy) is 3. The first-order valence-corrected chi connectivity index (χ1v) is 10.9. The predicted molar refractivity (Wildman–Crippen MR) is 120 cm³/mol. The maximum atomic E-state index is 13.3. The molecule has 1 aliphatic rings. The van der Waals surface area contributed by atoms with Gasteiger partial charge in [0.25, 0.3) is 5.91 Å². The fraction of sp³-hybridized carbons (Fsp3) is 0.520. The Morgan fingerprint density at radius 3 is 2.45 bits per heavy atom. The molecule has 0 N–H and O–H groups in total. The molecule has 170 valence electrons. The fourth-order valence-corrected chi connectivity index (χ4v) is 3.64. The third kappa shape index (κ3) is 6.77. The molecule has 0 saturated carbocycles. The standard InChI is InChI=1S/C25H35NO5/c1-6-12-22(21(8-3)29-16-19-14-10-9-11-15-19)31-23(13-7-2)24(27)26-20(18(4)5)17-30-25(26)28/h6-7,9-11,14-15,18,20-23H,1-2,8,12-13,16-17H2,3-5H3/t20-,21+,22-,23-/m1/s1. The molecule has 0 unspecified atom stereocenters. The molecule has 2 amide bonds. The van der Waals surface area contributed by atoms with Crippen molar-refractivity contribution in [1.82, 2.24) is 4.90 Å². The van der Waals surface area contributed by atoms with E-state index in [0.717, 1.165) is 5.56 Å². The van der Waals surface area contributed by atoms with Gasteiger partial charge in [-0.25, -0.2) is 9.69 Å². The lowest BCUT2D eigenvalue weighted by molar-refractivity contribution is -0.154. The van der Waals surface area contributed by atoms with E-state index in [4.69, 9.17) is 14.2 Å². The Balaban J connectivity index is 2.15. The third-order valence-electron chi connectivity index (χ3n) is 5.43. The highest BCUT2D eigenvalue weighted by atomic mass is 16.6. The second-order valence-electron chi connectivity index (χ2n) is 8.05. The molecule has 1 heterocycles. The van der Waals surface area contributed by atoms with Crippen LogP contribution < -0.4 is 0 Å². The van der Waals surface area contributed by atoms with E-state index in [2.05, 4.69) is 13.2 Å². The minimum absolute atomic E-state index is 0.0846. The molecule has 0 bridgehead atoms. The van der Waals surface area contributed by atoms with E-state index < -0.39 is 18.1 Å². The molecule has 1 saturated heterocycles. The third-order valence-corrected chi connectivity index (χ3v) is 5.43. The van der Waals surface area contributed by atoms with E-state index in [0.29, 0.717) is 19.4 Å². The monoisotopic (exact) mass is 429 g/mol. The molecule has 0 aromatic heterocycles. The number of imide groups is 1. The number of nitrogens with zero attached hydrogens (tertiary/aromatic N) is 1. The van der Waals surface area contributed by atoms with Crippen LogP contribution in [0.5, 0.6) is 0 Å². The van der Waals surface area contributed by atoms with E-state index in [-0.39, 0.29) is 37.2 Å². The van der Waals surface area contributed by atoms with Gasteiger partial charge in [0.2, 0.25) is 0 Å². The lowest BCUT2D eigenvalue weighted by Gasteiger charge is -2.32. The Bertz CT molecular complexity index is 733. The normalized spacial score (nSPS) is 19.0. The van der Waals surface area contributed by atoms with E-state index in [1.54, 1.807) is 12.2 Å². The minimum Gasteiger partial charge on any atom is -0.447 e. The van der Waals surface area contributed by atoms with Gasteiger partial charge >= 0.3 is 6.09 Å². The molecule has 6 nitrogen and oxygen atoms in total. The number of rotatable bonds is 13. The zero-order valence-electron chi connectivity index (χ0n) is 18.9. The SMILES string of the molecule is C=CC[C@@H](O[C@H](CC=C)[C@H](CC)OCc1ccccc1)C(=O)N1C(=O)OC[C@@H]1C(C)C. The molecule has 1 aliphatic heterocycles. The van der Waals surface area contributed by atoms with Crippen LogP contribution in [0.25, 0.3) is 0 Å². The van der Waals surface area contributed by atoms with Crippen LogP contribution in [0.15, 0.2) is 55.6 Å². The van der Waals surface area contributed by atoms with Crippen molar-refractivity contribution in [2.75, 3.05) is 6.61 Å². The highest BCUT2D eigenvalue weighted by Crippen LogP contribution is 2.24. The molecule has 1 fully saturated rings.